The van der Waals surface area contributed by atoms with Gasteiger partial charge in [0.2, 0.25) is 0 Å². The van der Waals surface area contributed by atoms with E-state index < -0.39 is 9.84 Å². The highest BCUT2D eigenvalue weighted by Crippen LogP contribution is 2.32. The number of nitrogens with zero attached hydrogens (tertiary/aromatic N) is 1. The lowest BCUT2D eigenvalue weighted by atomic mass is 10.1. The SMILES string of the molecule is Cc1ccc2c(c1)S(=O)(=O)CCN2C(C)CN. The van der Waals surface area contributed by atoms with Gasteiger partial charge in [0, 0.05) is 19.1 Å². The van der Waals surface area contributed by atoms with Crippen LogP contribution in [0, 0.1) is 6.92 Å². The van der Waals surface area contributed by atoms with Gasteiger partial charge in [0.25, 0.3) is 0 Å². The van der Waals surface area contributed by atoms with Gasteiger partial charge >= 0.3 is 0 Å². The molecule has 1 aromatic rings. The van der Waals surface area contributed by atoms with Crippen LogP contribution in [-0.2, 0) is 9.84 Å². The van der Waals surface area contributed by atoms with Crippen molar-refractivity contribution in [3.63, 3.8) is 0 Å². The summed E-state index contributed by atoms with van der Waals surface area (Å²) < 4.78 is 24.0. The van der Waals surface area contributed by atoms with Gasteiger partial charge in [-0.3, -0.25) is 0 Å². The third kappa shape index (κ3) is 2.17. The summed E-state index contributed by atoms with van der Waals surface area (Å²) in [4.78, 5) is 2.53. The van der Waals surface area contributed by atoms with Crippen LogP contribution in [0.25, 0.3) is 0 Å². The van der Waals surface area contributed by atoms with E-state index in [-0.39, 0.29) is 11.8 Å². The van der Waals surface area contributed by atoms with Crippen molar-refractivity contribution in [2.45, 2.75) is 24.8 Å². The van der Waals surface area contributed by atoms with Gasteiger partial charge in [-0.1, -0.05) is 6.07 Å². The van der Waals surface area contributed by atoms with Crippen LogP contribution in [0.1, 0.15) is 12.5 Å². The molecule has 1 atom stereocenters. The number of benzene rings is 1. The average Bonchev–Trinajstić information content (AvgIpc) is 2.29. The number of nitrogens with two attached hydrogens (primary N) is 1. The van der Waals surface area contributed by atoms with Crippen molar-refractivity contribution in [1.82, 2.24) is 0 Å². The minimum absolute atomic E-state index is 0.159. The Morgan fingerprint density at radius 1 is 1.47 bits per heavy atom. The summed E-state index contributed by atoms with van der Waals surface area (Å²) in [5.41, 5.74) is 7.43. The smallest absolute Gasteiger partial charge is 0.182 e. The largest absolute Gasteiger partial charge is 0.365 e. The monoisotopic (exact) mass is 254 g/mol. The predicted molar refractivity (Wildman–Crippen MR) is 69.1 cm³/mol. The summed E-state index contributed by atoms with van der Waals surface area (Å²) in [5.74, 6) is 0.174. The topological polar surface area (TPSA) is 63.4 Å². The van der Waals surface area contributed by atoms with Crippen LogP contribution < -0.4 is 10.6 Å². The van der Waals surface area contributed by atoms with Gasteiger partial charge in [-0.05, 0) is 31.5 Å². The number of hydrogen-bond acceptors (Lipinski definition) is 4. The fourth-order valence-electron chi connectivity index (χ4n) is 2.14. The molecule has 0 saturated heterocycles. The minimum atomic E-state index is -3.12. The van der Waals surface area contributed by atoms with E-state index in [9.17, 15) is 8.42 Å². The van der Waals surface area contributed by atoms with E-state index in [1.807, 2.05) is 26.0 Å². The van der Waals surface area contributed by atoms with Crippen molar-refractivity contribution < 1.29 is 8.42 Å². The highest BCUT2D eigenvalue weighted by molar-refractivity contribution is 7.91. The van der Waals surface area contributed by atoms with Gasteiger partial charge in [-0.15, -0.1) is 0 Å². The number of rotatable bonds is 2. The summed E-state index contributed by atoms with van der Waals surface area (Å²) in [5, 5.41) is 0. The van der Waals surface area contributed by atoms with Crippen molar-refractivity contribution >= 4 is 15.5 Å². The fourth-order valence-corrected chi connectivity index (χ4v) is 3.67. The standard InChI is InChI=1S/C12H18N2O2S/c1-9-3-4-11-12(7-9)17(15,16)6-5-14(11)10(2)8-13/h3-4,7,10H,5-6,8,13H2,1-2H3. The Morgan fingerprint density at radius 2 is 2.18 bits per heavy atom. The Labute approximate surface area is 102 Å². The van der Waals surface area contributed by atoms with Gasteiger partial charge in [0.05, 0.1) is 16.3 Å². The van der Waals surface area contributed by atoms with Crippen LogP contribution in [0.2, 0.25) is 0 Å². The Bertz CT molecular complexity index is 525. The zero-order valence-corrected chi connectivity index (χ0v) is 11.0. The van der Waals surface area contributed by atoms with Crippen molar-refractivity contribution in [1.29, 1.82) is 0 Å². The molecule has 0 amide bonds. The Morgan fingerprint density at radius 3 is 2.82 bits per heavy atom. The second-order valence-corrected chi connectivity index (χ2v) is 6.65. The number of sulfone groups is 1. The molecule has 1 unspecified atom stereocenters. The van der Waals surface area contributed by atoms with E-state index in [0.717, 1.165) is 11.3 Å². The Kier molecular flexibility index (Phi) is 3.14. The molecule has 1 heterocycles. The maximum Gasteiger partial charge on any atom is 0.182 e. The lowest BCUT2D eigenvalue weighted by molar-refractivity contribution is 0.579. The maximum atomic E-state index is 12.0. The number of aryl methyl sites for hydroxylation is 1. The lowest BCUT2D eigenvalue weighted by Crippen LogP contribution is -2.44. The van der Waals surface area contributed by atoms with Gasteiger partial charge in [-0.2, -0.15) is 0 Å². The first-order valence-corrected chi connectivity index (χ1v) is 7.41. The van der Waals surface area contributed by atoms with Crippen molar-refractivity contribution in [2.75, 3.05) is 23.7 Å². The number of anilines is 1. The van der Waals surface area contributed by atoms with Crippen LogP contribution in [0.4, 0.5) is 5.69 Å². The van der Waals surface area contributed by atoms with Gasteiger partial charge in [-0.25, -0.2) is 8.42 Å². The normalized spacial score (nSPS) is 19.8. The van der Waals surface area contributed by atoms with Crippen LogP contribution in [0.5, 0.6) is 0 Å². The molecule has 1 aliphatic heterocycles. The van der Waals surface area contributed by atoms with Gasteiger partial charge in [0.15, 0.2) is 9.84 Å². The van der Waals surface area contributed by atoms with Crippen LogP contribution >= 0.6 is 0 Å². The molecule has 0 saturated carbocycles. The summed E-state index contributed by atoms with van der Waals surface area (Å²) in [7, 11) is -3.12. The third-order valence-corrected chi connectivity index (χ3v) is 4.95. The van der Waals surface area contributed by atoms with Crippen LogP contribution in [0.3, 0.4) is 0 Å². The molecule has 0 spiro atoms. The lowest BCUT2D eigenvalue weighted by Gasteiger charge is -2.35. The van der Waals surface area contributed by atoms with E-state index >= 15 is 0 Å². The Hall–Kier alpha value is -1.07. The van der Waals surface area contributed by atoms with E-state index in [1.54, 1.807) is 6.07 Å². The third-order valence-electron chi connectivity index (χ3n) is 3.23. The molecule has 0 bridgehead atoms. The molecule has 0 aliphatic carbocycles. The molecule has 2 N–H and O–H groups in total. The molecule has 5 heteroatoms. The molecule has 4 nitrogen and oxygen atoms in total. The van der Waals surface area contributed by atoms with Crippen LogP contribution in [0.15, 0.2) is 23.1 Å². The molecule has 0 radical (unpaired) electrons. The van der Waals surface area contributed by atoms with Crippen molar-refractivity contribution in [2.24, 2.45) is 5.73 Å². The highest BCUT2D eigenvalue weighted by atomic mass is 32.2. The van der Waals surface area contributed by atoms with Gasteiger partial charge < -0.3 is 10.6 Å². The maximum absolute atomic E-state index is 12.0. The molecule has 94 valence electrons. The molecular formula is C12H18N2O2S. The summed E-state index contributed by atoms with van der Waals surface area (Å²) in [6.45, 7) is 4.97. The summed E-state index contributed by atoms with van der Waals surface area (Å²) in [6, 6.07) is 5.73. The molecule has 0 aromatic heterocycles. The number of hydrogen-bond donors (Lipinski definition) is 1. The first kappa shape index (κ1) is 12.4. The zero-order valence-electron chi connectivity index (χ0n) is 10.2. The van der Waals surface area contributed by atoms with E-state index in [2.05, 4.69) is 4.90 Å². The average molecular weight is 254 g/mol. The molecule has 1 aromatic carbocycles. The molecule has 0 fully saturated rings. The van der Waals surface area contributed by atoms with Gasteiger partial charge in [0.1, 0.15) is 0 Å². The van der Waals surface area contributed by atoms with E-state index in [1.165, 1.54) is 0 Å². The first-order valence-electron chi connectivity index (χ1n) is 5.76. The first-order chi connectivity index (χ1) is 7.95. The van der Waals surface area contributed by atoms with Crippen molar-refractivity contribution in [3.05, 3.63) is 23.8 Å². The van der Waals surface area contributed by atoms with Crippen LogP contribution in [-0.4, -0.2) is 33.3 Å². The second-order valence-electron chi connectivity index (χ2n) is 4.57. The quantitative estimate of drug-likeness (QED) is 0.853. The summed E-state index contributed by atoms with van der Waals surface area (Å²) >= 11 is 0. The predicted octanol–water partition coefficient (Wildman–Crippen LogP) is 0.936. The molecule has 2 rings (SSSR count). The number of fused-ring (bicyclic) bond motifs is 1. The molecule has 17 heavy (non-hydrogen) atoms. The van der Waals surface area contributed by atoms with E-state index in [4.69, 9.17) is 5.73 Å². The minimum Gasteiger partial charge on any atom is -0.365 e. The molecular weight excluding hydrogens is 236 g/mol. The highest BCUT2D eigenvalue weighted by Gasteiger charge is 2.30. The fraction of sp³-hybridized carbons (Fsp3) is 0.500. The zero-order chi connectivity index (χ0) is 12.6. The second kappa shape index (κ2) is 4.31. The van der Waals surface area contributed by atoms with Crippen molar-refractivity contribution in [3.8, 4) is 0 Å². The Balaban J connectivity index is 2.56. The van der Waals surface area contributed by atoms with E-state index in [0.29, 0.717) is 18.0 Å². The molecule has 1 aliphatic rings. The summed E-state index contributed by atoms with van der Waals surface area (Å²) in [6.07, 6.45) is 0.